The average molecular weight is 333 g/mol. The number of furan rings is 1. The summed E-state index contributed by atoms with van der Waals surface area (Å²) in [6.45, 7) is 0.739. The van der Waals surface area contributed by atoms with Crippen LogP contribution < -0.4 is 11.5 Å². The van der Waals surface area contributed by atoms with E-state index in [1.165, 1.54) is 6.33 Å². The lowest BCUT2D eigenvalue weighted by molar-refractivity contribution is 0.209. The summed E-state index contributed by atoms with van der Waals surface area (Å²) in [5, 5.41) is 1.93. The molecule has 1 fully saturated rings. The van der Waals surface area contributed by atoms with Gasteiger partial charge in [-0.05, 0) is 37.4 Å². The van der Waals surface area contributed by atoms with Crippen molar-refractivity contribution < 1.29 is 4.42 Å². The molecule has 4 N–H and O–H groups in total. The summed E-state index contributed by atoms with van der Waals surface area (Å²) in [5.41, 5.74) is 14.6. The Morgan fingerprint density at radius 2 is 2.04 bits per heavy atom. The summed E-state index contributed by atoms with van der Waals surface area (Å²) < 4.78 is 8.27. The second-order valence-corrected chi connectivity index (χ2v) is 6.78. The Balaban J connectivity index is 1.70. The molecule has 0 atom stereocenters. The Morgan fingerprint density at radius 3 is 2.84 bits per heavy atom. The summed E-state index contributed by atoms with van der Waals surface area (Å²) in [6.07, 6.45) is 5.77. The van der Waals surface area contributed by atoms with Crippen molar-refractivity contribution in [1.29, 1.82) is 0 Å². The highest BCUT2D eigenvalue weighted by Crippen LogP contribution is 2.43. The van der Waals surface area contributed by atoms with Gasteiger partial charge in [-0.15, -0.1) is 0 Å². The largest absolute Gasteiger partial charge is 0.456 e. The van der Waals surface area contributed by atoms with Crippen LogP contribution in [0.3, 0.4) is 0 Å². The van der Waals surface area contributed by atoms with Crippen LogP contribution in [0.4, 0.5) is 5.82 Å². The van der Waals surface area contributed by atoms with E-state index >= 15 is 0 Å². The molecular weight excluding hydrogens is 314 g/mol. The topological polar surface area (TPSA) is 95.9 Å². The number of benzene rings is 1. The van der Waals surface area contributed by atoms with Gasteiger partial charge in [0.05, 0.1) is 5.39 Å². The summed E-state index contributed by atoms with van der Waals surface area (Å²) in [5.74, 6) is 1.87. The van der Waals surface area contributed by atoms with E-state index < -0.39 is 0 Å². The van der Waals surface area contributed by atoms with Crippen LogP contribution in [0, 0.1) is 5.92 Å². The fourth-order valence-electron chi connectivity index (χ4n) is 3.81. The molecule has 1 aliphatic rings. The maximum absolute atomic E-state index is 6.19. The number of hydrogen-bond donors (Lipinski definition) is 2. The Morgan fingerprint density at radius 1 is 1.20 bits per heavy atom. The SMILES string of the molecule is NCC1CC(n2cc(-c3cc4ccccc4o3)c3c(N)ncnc32)C1. The van der Waals surface area contributed by atoms with Crippen LogP contribution in [0.15, 0.2) is 47.3 Å². The van der Waals surface area contributed by atoms with Gasteiger partial charge >= 0.3 is 0 Å². The van der Waals surface area contributed by atoms with E-state index in [4.69, 9.17) is 15.9 Å². The molecule has 0 aliphatic heterocycles. The molecule has 0 bridgehead atoms. The van der Waals surface area contributed by atoms with Gasteiger partial charge in [-0.25, -0.2) is 9.97 Å². The second kappa shape index (κ2) is 5.32. The van der Waals surface area contributed by atoms with Crippen LogP contribution in [0.25, 0.3) is 33.3 Å². The third kappa shape index (κ3) is 2.14. The van der Waals surface area contributed by atoms with Gasteiger partial charge in [0.15, 0.2) is 0 Å². The highest BCUT2D eigenvalue weighted by atomic mass is 16.3. The highest BCUT2D eigenvalue weighted by Gasteiger charge is 2.31. The van der Waals surface area contributed by atoms with Gasteiger partial charge in [0, 0.05) is 23.2 Å². The van der Waals surface area contributed by atoms with Gasteiger partial charge in [0.2, 0.25) is 0 Å². The van der Waals surface area contributed by atoms with Crippen molar-refractivity contribution in [3.63, 3.8) is 0 Å². The lowest BCUT2D eigenvalue weighted by Gasteiger charge is -2.35. The van der Waals surface area contributed by atoms with Crippen LogP contribution in [-0.4, -0.2) is 21.1 Å². The van der Waals surface area contributed by atoms with E-state index in [1.54, 1.807) is 0 Å². The molecule has 25 heavy (non-hydrogen) atoms. The number of nitrogens with zero attached hydrogens (tertiary/aromatic N) is 3. The number of aromatic nitrogens is 3. The van der Waals surface area contributed by atoms with Gasteiger partial charge < -0.3 is 20.5 Å². The molecular formula is C19H19N5O. The number of nitrogen functional groups attached to an aromatic ring is 1. The third-order valence-corrected chi connectivity index (χ3v) is 5.27. The zero-order valence-corrected chi connectivity index (χ0v) is 13.7. The van der Waals surface area contributed by atoms with Gasteiger partial charge in [-0.3, -0.25) is 0 Å². The molecule has 4 aromatic rings. The minimum atomic E-state index is 0.406. The summed E-state index contributed by atoms with van der Waals surface area (Å²) in [7, 11) is 0. The molecule has 5 rings (SSSR count). The minimum Gasteiger partial charge on any atom is -0.456 e. The first-order chi connectivity index (χ1) is 12.2. The van der Waals surface area contributed by atoms with Crippen LogP contribution >= 0.6 is 0 Å². The zero-order valence-electron chi connectivity index (χ0n) is 13.7. The molecule has 0 radical (unpaired) electrons. The van der Waals surface area contributed by atoms with Crippen LogP contribution in [-0.2, 0) is 0 Å². The van der Waals surface area contributed by atoms with E-state index in [2.05, 4.69) is 20.7 Å². The number of fused-ring (bicyclic) bond motifs is 2. The molecule has 1 aromatic carbocycles. The van der Waals surface area contributed by atoms with Crippen molar-refractivity contribution >= 4 is 27.8 Å². The molecule has 0 unspecified atom stereocenters. The predicted octanol–water partition coefficient (Wildman–Crippen LogP) is 3.34. The van der Waals surface area contributed by atoms with Gasteiger partial charge in [-0.1, -0.05) is 18.2 Å². The third-order valence-electron chi connectivity index (χ3n) is 5.27. The van der Waals surface area contributed by atoms with Crippen molar-refractivity contribution in [2.24, 2.45) is 11.7 Å². The molecule has 6 heteroatoms. The minimum absolute atomic E-state index is 0.406. The van der Waals surface area contributed by atoms with Crippen LogP contribution in [0.2, 0.25) is 0 Å². The van der Waals surface area contributed by atoms with Crippen molar-refractivity contribution in [2.75, 3.05) is 12.3 Å². The van der Waals surface area contributed by atoms with Gasteiger partial charge in [-0.2, -0.15) is 0 Å². The molecule has 0 spiro atoms. The van der Waals surface area contributed by atoms with E-state index in [0.29, 0.717) is 17.8 Å². The van der Waals surface area contributed by atoms with E-state index in [0.717, 1.165) is 52.7 Å². The Bertz CT molecular complexity index is 1040. The summed E-state index contributed by atoms with van der Waals surface area (Å²) in [4.78, 5) is 8.68. The predicted molar refractivity (Wildman–Crippen MR) is 98.0 cm³/mol. The Labute approximate surface area is 144 Å². The number of nitrogens with two attached hydrogens (primary N) is 2. The molecule has 0 amide bonds. The van der Waals surface area contributed by atoms with Gasteiger partial charge in [0.1, 0.15) is 29.1 Å². The fourth-order valence-corrected chi connectivity index (χ4v) is 3.81. The van der Waals surface area contributed by atoms with Crippen molar-refractivity contribution in [2.45, 2.75) is 18.9 Å². The quantitative estimate of drug-likeness (QED) is 0.599. The fraction of sp³-hybridized carbons (Fsp3) is 0.263. The first kappa shape index (κ1) is 14.5. The number of para-hydroxylation sites is 1. The smallest absolute Gasteiger partial charge is 0.146 e. The van der Waals surface area contributed by atoms with E-state index in [9.17, 15) is 0 Å². The van der Waals surface area contributed by atoms with Gasteiger partial charge in [0.25, 0.3) is 0 Å². The maximum Gasteiger partial charge on any atom is 0.146 e. The van der Waals surface area contributed by atoms with Crippen molar-refractivity contribution in [1.82, 2.24) is 14.5 Å². The lowest BCUT2D eigenvalue weighted by atomic mass is 9.80. The Hall–Kier alpha value is -2.86. The molecule has 3 aromatic heterocycles. The van der Waals surface area contributed by atoms with Crippen LogP contribution in [0.5, 0.6) is 0 Å². The number of anilines is 1. The second-order valence-electron chi connectivity index (χ2n) is 6.78. The average Bonchev–Trinajstić information content (AvgIpc) is 3.16. The highest BCUT2D eigenvalue weighted by molar-refractivity contribution is 6.01. The Kier molecular flexibility index (Phi) is 3.08. The normalized spacial score (nSPS) is 20.2. The summed E-state index contributed by atoms with van der Waals surface area (Å²) >= 11 is 0. The monoisotopic (exact) mass is 333 g/mol. The lowest BCUT2D eigenvalue weighted by Crippen LogP contribution is -2.31. The van der Waals surface area contributed by atoms with Crippen molar-refractivity contribution in [3.05, 3.63) is 42.9 Å². The first-order valence-electron chi connectivity index (χ1n) is 8.54. The molecule has 1 saturated carbocycles. The molecule has 126 valence electrons. The first-order valence-corrected chi connectivity index (χ1v) is 8.54. The van der Waals surface area contributed by atoms with E-state index in [-0.39, 0.29) is 0 Å². The van der Waals surface area contributed by atoms with Crippen molar-refractivity contribution in [3.8, 4) is 11.3 Å². The standard InChI is InChI=1S/C19H19N5O/c20-8-11-5-13(6-11)24-9-14(17-18(21)22-10-23-19(17)24)16-7-12-3-1-2-4-15(12)25-16/h1-4,7,9-11,13H,5-6,8,20H2,(H2,21,22,23). The van der Waals surface area contributed by atoms with E-state index in [1.807, 2.05) is 30.3 Å². The molecule has 0 saturated heterocycles. The zero-order chi connectivity index (χ0) is 17.0. The molecule has 3 heterocycles. The maximum atomic E-state index is 6.19. The number of hydrogen-bond acceptors (Lipinski definition) is 5. The molecule has 6 nitrogen and oxygen atoms in total. The number of rotatable bonds is 3. The molecule has 1 aliphatic carbocycles. The van der Waals surface area contributed by atoms with Crippen LogP contribution in [0.1, 0.15) is 18.9 Å². The summed E-state index contributed by atoms with van der Waals surface area (Å²) in [6, 6.07) is 10.4.